The lowest BCUT2D eigenvalue weighted by Crippen LogP contribution is -3.00. The van der Waals surface area contributed by atoms with Crippen LogP contribution in [0.5, 0.6) is 0 Å². The van der Waals surface area contributed by atoms with E-state index in [1.165, 1.54) is 31.2 Å². The van der Waals surface area contributed by atoms with E-state index in [0.29, 0.717) is 0 Å². The maximum Gasteiger partial charge on any atom is 0.270 e. The largest absolute Gasteiger partial charge is 1.00 e. The van der Waals surface area contributed by atoms with E-state index in [-0.39, 0.29) is 27.6 Å². The number of nitrogens with zero attached hydrogens (tertiary/aromatic N) is 3. The van der Waals surface area contributed by atoms with Gasteiger partial charge in [0, 0.05) is 24.1 Å². The smallest absolute Gasteiger partial charge is 0.270 e. The van der Waals surface area contributed by atoms with Crippen LogP contribution in [0.25, 0.3) is 16.9 Å². The zero-order valence-corrected chi connectivity index (χ0v) is 15.9. The molecule has 0 amide bonds. The highest BCUT2D eigenvalue weighted by Gasteiger charge is 2.27. The summed E-state index contributed by atoms with van der Waals surface area (Å²) < 4.78 is 4.57. The molecular formula is C20H20BrN3O2. The second kappa shape index (κ2) is 7.83. The fourth-order valence-electron chi connectivity index (χ4n) is 3.59. The van der Waals surface area contributed by atoms with Gasteiger partial charge in [0.25, 0.3) is 11.5 Å². The molecule has 134 valence electrons. The Kier molecular flexibility index (Phi) is 5.52. The molecule has 0 saturated carbocycles. The minimum Gasteiger partial charge on any atom is -1.00 e. The van der Waals surface area contributed by atoms with Crippen LogP contribution in [0.2, 0.25) is 0 Å². The minimum absolute atomic E-state index is 0. The molecule has 0 aliphatic carbocycles. The van der Waals surface area contributed by atoms with Crippen LogP contribution in [0, 0.1) is 10.1 Å². The quantitative estimate of drug-likeness (QED) is 0.366. The molecule has 0 N–H and O–H groups in total. The lowest BCUT2D eigenvalue weighted by molar-refractivity contribution is -0.702. The van der Waals surface area contributed by atoms with Crippen LogP contribution in [-0.4, -0.2) is 9.49 Å². The van der Waals surface area contributed by atoms with Gasteiger partial charge < -0.3 is 17.0 Å². The van der Waals surface area contributed by atoms with Crippen molar-refractivity contribution >= 4 is 5.69 Å². The first-order valence-electron chi connectivity index (χ1n) is 8.68. The van der Waals surface area contributed by atoms with Crippen LogP contribution in [0.4, 0.5) is 5.69 Å². The van der Waals surface area contributed by atoms with Gasteiger partial charge in [0.05, 0.1) is 11.5 Å². The van der Waals surface area contributed by atoms with Crippen molar-refractivity contribution in [3.63, 3.8) is 0 Å². The maximum atomic E-state index is 11.2. The van der Waals surface area contributed by atoms with E-state index in [0.717, 1.165) is 29.9 Å². The molecule has 2 aromatic carbocycles. The second-order valence-electron chi connectivity index (χ2n) is 6.41. The van der Waals surface area contributed by atoms with E-state index in [2.05, 4.69) is 27.5 Å². The summed E-state index contributed by atoms with van der Waals surface area (Å²) in [5, 5.41) is 11.2. The van der Waals surface area contributed by atoms with Crippen LogP contribution in [0.1, 0.15) is 25.1 Å². The Bertz CT molecular complexity index is 922. The van der Waals surface area contributed by atoms with Gasteiger partial charge in [-0.25, -0.2) is 4.57 Å². The summed E-state index contributed by atoms with van der Waals surface area (Å²) >= 11 is 0. The summed E-state index contributed by atoms with van der Waals surface area (Å²) in [6.45, 7) is 0.997. The zero-order chi connectivity index (χ0) is 17.2. The molecule has 1 aromatic heterocycles. The van der Waals surface area contributed by atoms with Gasteiger partial charge in [0.15, 0.2) is 5.69 Å². The van der Waals surface area contributed by atoms with Gasteiger partial charge >= 0.3 is 0 Å². The average molecular weight is 414 g/mol. The molecule has 4 rings (SSSR count). The topological polar surface area (TPSA) is 52.0 Å². The Labute approximate surface area is 162 Å². The molecule has 5 nitrogen and oxygen atoms in total. The molecule has 6 heteroatoms. The molecule has 2 heterocycles. The summed E-state index contributed by atoms with van der Waals surface area (Å²) in [4.78, 5) is 10.8. The maximum absolute atomic E-state index is 11.2. The number of nitro benzene ring substituents is 1. The summed E-state index contributed by atoms with van der Waals surface area (Å²) in [7, 11) is 0. The highest BCUT2D eigenvalue weighted by Crippen LogP contribution is 2.28. The van der Waals surface area contributed by atoms with Crippen molar-refractivity contribution in [1.82, 2.24) is 4.57 Å². The second-order valence-corrected chi connectivity index (χ2v) is 6.41. The van der Waals surface area contributed by atoms with Crippen molar-refractivity contribution < 1.29 is 26.5 Å². The Balaban J connectivity index is 0.00000196. The molecule has 1 aliphatic rings. The number of nitro groups is 1. The Morgan fingerprint density at radius 1 is 1.00 bits per heavy atom. The van der Waals surface area contributed by atoms with Crippen molar-refractivity contribution in [3.8, 4) is 16.9 Å². The van der Waals surface area contributed by atoms with Gasteiger partial charge in [-0.1, -0.05) is 30.3 Å². The Morgan fingerprint density at radius 2 is 1.81 bits per heavy atom. The SMILES string of the molecule is O=[N+]([O-])c1cccc(-c2c[n+]3c(n2-c2ccccc2)CCCCC3)c1.[Br-]. The fraction of sp³-hybridized carbons (Fsp3) is 0.250. The molecule has 0 saturated heterocycles. The van der Waals surface area contributed by atoms with Gasteiger partial charge in [-0.2, -0.15) is 4.57 Å². The van der Waals surface area contributed by atoms with Gasteiger partial charge in [-0.05, 0) is 31.4 Å². The van der Waals surface area contributed by atoms with E-state index < -0.39 is 0 Å². The van der Waals surface area contributed by atoms with Crippen molar-refractivity contribution in [2.75, 3.05) is 0 Å². The summed E-state index contributed by atoms with van der Waals surface area (Å²) in [5.41, 5.74) is 3.10. The van der Waals surface area contributed by atoms with Gasteiger partial charge in [0.2, 0.25) is 0 Å². The number of aryl methyl sites for hydroxylation is 1. The van der Waals surface area contributed by atoms with Crippen LogP contribution in [0.15, 0.2) is 60.8 Å². The third-order valence-electron chi connectivity index (χ3n) is 4.78. The summed E-state index contributed by atoms with van der Waals surface area (Å²) in [5.74, 6) is 1.27. The summed E-state index contributed by atoms with van der Waals surface area (Å²) in [6.07, 6.45) is 6.75. The minimum atomic E-state index is -0.336. The number of hydrogen-bond donors (Lipinski definition) is 0. The molecule has 0 radical (unpaired) electrons. The number of para-hydroxylation sites is 1. The van der Waals surface area contributed by atoms with Crippen LogP contribution in [0.3, 0.4) is 0 Å². The lowest BCUT2D eigenvalue weighted by atomic mass is 10.1. The highest BCUT2D eigenvalue weighted by molar-refractivity contribution is 5.64. The van der Waals surface area contributed by atoms with Gasteiger partial charge in [0.1, 0.15) is 11.9 Å². The lowest BCUT2D eigenvalue weighted by Gasteiger charge is -2.05. The molecule has 0 bridgehead atoms. The number of halogens is 1. The summed E-state index contributed by atoms with van der Waals surface area (Å²) in [6, 6.07) is 17.1. The Hall–Kier alpha value is -2.47. The highest BCUT2D eigenvalue weighted by atomic mass is 79.9. The zero-order valence-electron chi connectivity index (χ0n) is 14.3. The van der Waals surface area contributed by atoms with E-state index in [1.54, 1.807) is 12.1 Å². The molecule has 26 heavy (non-hydrogen) atoms. The normalized spacial score (nSPS) is 13.4. The predicted molar refractivity (Wildman–Crippen MR) is 95.6 cm³/mol. The standard InChI is InChI=1S/C20H20N3O2.BrH/c24-23(25)18-11-7-8-16(14-18)19-15-21-13-6-2-5-12-20(21)22(19)17-9-3-1-4-10-17;/h1,3-4,7-11,14-15H,2,5-6,12-13H2;1H/q+1;/p-1. The van der Waals surface area contributed by atoms with E-state index in [9.17, 15) is 10.1 Å². The van der Waals surface area contributed by atoms with Crippen molar-refractivity contribution in [2.24, 2.45) is 0 Å². The van der Waals surface area contributed by atoms with Crippen molar-refractivity contribution in [2.45, 2.75) is 32.2 Å². The molecule has 0 unspecified atom stereocenters. The number of non-ortho nitro benzene ring substituents is 1. The molecule has 3 aromatic rings. The molecule has 0 fully saturated rings. The van der Waals surface area contributed by atoms with Crippen LogP contribution >= 0.6 is 0 Å². The van der Waals surface area contributed by atoms with Crippen molar-refractivity contribution in [1.29, 1.82) is 0 Å². The van der Waals surface area contributed by atoms with Gasteiger partial charge in [-0.3, -0.25) is 10.1 Å². The number of benzene rings is 2. The van der Waals surface area contributed by atoms with Crippen LogP contribution in [-0.2, 0) is 13.0 Å². The number of rotatable bonds is 3. The molecular weight excluding hydrogens is 394 g/mol. The van der Waals surface area contributed by atoms with E-state index in [4.69, 9.17) is 0 Å². The number of imidazole rings is 1. The average Bonchev–Trinajstić information content (AvgIpc) is 2.85. The number of hydrogen-bond acceptors (Lipinski definition) is 2. The third-order valence-corrected chi connectivity index (χ3v) is 4.78. The Morgan fingerprint density at radius 3 is 2.58 bits per heavy atom. The number of aromatic nitrogens is 2. The van der Waals surface area contributed by atoms with E-state index in [1.807, 2.05) is 24.3 Å². The predicted octanol–water partition coefficient (Wildman–Crippen LogP) is 1.07. The molecule has 1 aliphatic heterocycles. The first-order valence-corrected chi connectivity index (χ1v) is 8.68. The first kappa shape index (κ1) is 18.3. The number of fused-ring (bicyclic) bond motifs is 1. The van der Waals surface area contributed by atoms with Gasteiger partial charge in [-0.15, -0.1) is 0 Å². The fourth-order valence-corrected chi connectivity index (χ4v) is 3.59. The van der Waals surface area contributed by atoms with E-state index >= 15 is 0 Å². The van der Waals surface area contributed by atoms with Crippen molar-refractivity contribution in [3.05, 3.63) is 76.7 Å². The van der Waals surface area contributed by atoms with Crippen LogP contribution < -0.4 is 21.5 Å². The monoisotopic (exact) mass is 413 g/mol. The molecule has 0 atom stereocenters. The first-order chi connectivity index (χ1) is 12.2. The third kappa shape index (κ3) is 3.42. The molecule has 0 spiro atoms.